The normalized spacial score (nSPS) is 11.3. The molecule has 0 rings (SSSR count). The fraction of sp³-hybridized carbons (Fsp3) is 0.700. The van der Waals surface area contributed by atoms with Gasteiger partial charge in [-0.1, -0.05) is 0 Å². The van der Waals surface area contributed by atoms with E-state index in [0.717, 1.165) is 4.90 Å². The Morgan fingerprint density at radius 1 is 1.06 bits per heavy atom. The van der Waals surface area contributed by atoms with Gasteiger partial charge >= 0.3 is 18.0 Å². The van der Waals surface area contributed by atoms with Gasteiger partial charge in [-0.15, -0.1) is 0 Å². The van der Waals surface area contributed by atoms with Crippen LogP contribution in [0.25, 0.3) is 0 Å². The zero-order valence-electron chi connectivity index (χ0n) is 11.1. The van der Waals surface area contributed by atoms with Crippen molar-refractivity contribution < 1.29 is 19.5 Å². The minimum absolute atomic E-state index is 0.231. The SMILES string of the molecule is CC(C(=O)O)N(C)C(=O)NCCNC(=O)N(C)C. The summed E-state index contributed by atoms with van der Waals surface area (Å²) in [6.07, 6.45) is 0. The Kier molecular flexibility index (Phi) is 6.54. The molecular weight excluding hydrogens is 240 g/mol. The van der Waals surface area contributed by atoms with Crippen LogP contribution in [0.5, 0.6) is 0 Å². The van der Waals surface area contributed by atoms with Gasteiger partial charge in [0.25, 0.3) is 0 Å². The van der Waals surface area contributed by atoms with E-state index >= 15 is 0 Å². The third-order valence-electron chi connectivity index (χ3n) is 2.34. The molecule has 0 aromatic rings. The molecule has 0 aromatic heterocycles. The van der Waals surface area contributed by atoms with Gasteiger partial charge in [-0.2, -0.15) is 0 Å². The Morgan fingerprint density at radius 2 is 1.50 bits per heavy atom. The Balaban J connectivity index is 3.91. The first-order chi connectivity index (χ1) is 8.27. The molecule has 0 heterocycles. The van der Waals surface area contributed by atoms with Crippen LogP contribution in [-0.2, 0) is 4.79 Å². The Labute approximate surface area is 106 Å². The van der Waals surface area contributed by atoms with Gasteiger partial charge in [0.15, 0.2) is 0 Å². The predicted octanol–water partition coefficient (Wildman–Crippen LogP) is -0.628. The van der Waals surface area contributed by atoms with Gasteiger partial charge in [0.1, 0.15) is 6.04 Å². The lowest BCUT2D eigenvalue weighted by atomic mass is 10.3. The maximum absolute atomic E-state index is 11.5. The molecule has 1 unspecified atom stereocenters. The minimum Gasteiger partial charge on any atom is -0.480 e. The molecule has 0 aliphatic heterocycles. The standard InChI is InChI=1S/C10H20N4O4/c1-7(8(15)16)14(4)10(18)12-6-5-11-9(17)13(2)3/h7H,5-6H2,1-4H3,(H,11,17)(H,12,18)(H,15,16). The molecule has 104 valence electrons. The maximum Gasteiger partial charge on any atom is 0.326 e. The lowest BCUT2D eigenvalue weighted by Gasteiger charge is -2.22. The van der Waals surface area contributed by atoms with Gasteiger partial charge in [-0.05, 0) is 6.92 Å². The van der Waals surface area contributed by atoms with E-state index in [1.807, 2.05) is 0 Å². The van der Waals surface area contributed by atoms with Crippen molar-refractivity contribution in [3.05, 3.63) is 0 Å². The monoisotopic (exact) mass is 260 g/mol. The Hall–Kier alpha value is -1.99. The predicted molar refractivity (Wildman–Crippen MR) is 65.3 cm³/mol. The van der Waals surface area contributed by atoms with E-state index in [1.165, 1.54) is 18.9 Å². The lowest BCUT2D eigenvalue weighted by Crippen LogP contribution is -2.47. The van der Waals surface area contributed by atoms with E-state index < -0.39 is 18.0 Å². The van der Waals surface area contributed by atoms with E-state index in [0.29, 0.717) is 0 Å². The molecule has 8 nitrogen and oxygen atoms in total. The molecule has 0 saturated heterocycles. The highest BCUT2D eigenvalue weighted by Gasteiger charge is 2.20. The number of carboxylic acid groups (broad SMARTS) is 1. The molecule has 1 atom stereocenters. The first-order valence-electron chi connectivity index (χ1n) is 5.46. The molecule has 3 N–H and O–H groups in total. The highest BCUT2D eigenvalue weighted by atomic mass is 16.4. The van der Waals surface area contributed by atoms with Crippen LogP contribution in [0.3, 0.4) is 0 Å². The van der Waals surface area contributed by atoms with Crippen molar-refractivity contribution in [1.29, 1.82) is 0 Å². The summed E-state index contributed by atoms with van der Waals surface area (Å²) in [5.74, 6) is -1.08. The zero-order valence-corrected chi connectivity index (χ0v) is 11.1. The van der Waals surface area contributed by atoms with Gasteiger partial charge < -0.3 is 25.5 Å². The van der Waals surface area contributed by atoms with Crippen molar-refractivity contribution in [2.75, 3.05) is 34.2 Å². The van der Waals surface area contributed by atoms with Gasteiger partial charge in [0.05, 0.1) is 0 Å². The van der Waals surface area contributed by atoms with Crippen LogP contribution in [-0.4, -0.2) is 73.2 Å². The summed E-state index contributed by atoms with van der Waals surface area (Å²) in [7, 11) is 4.61. The summed E-state index contributed by atoms with van der Waals surface area (Å²) in [6.45, 7) is 1.92. The molecule has 8 heteroatoms. The molecule has 0 aromatic carbocycles. The number of rotatable bonds is 5. The second kappa shape index (κ2) is 7.36. The van der Waals surface area contributed by atoms with Crippen molar-refractivity contribution in [2.45, 2.75) is 13.0 Å². The number of aliphatic carboxylic acids is 1. The van der Waals surface area contributed by atoms with Gasteiger partial charge in [-0.3, -0.25) is 0 Å². The van der Waals surface area contributed by atoms with Crippen LogP contribution in [0.15, 0.2) is 0 Å². The molecule has 0 bridgehead atoms. The van der Waals surface area contributed by atoms with Crippen molar-refractivity contribution in [3.8, 4) is 0 Å². The molecule has 0 radical (unpaired) electrons. The largest absolute Gasteiger partial charge is 0.480 e. The van der Waals surface area contributed by atoms with E-state index in [2.05, 4.69) is 10.6 Å². The molecular formula is C10H20N4O4. The van der Waals surface area contributed by atoms with Crippen LogP contribution in [0.1, 0.15) is 6.92 Å². The molecule has 0 saturated carbocycles. The highest BCUT2D eigenvalue weighted by molar-refractivity contribution is 5.82. The molecule has 0 aliphatic rings. The van der Waals surface area contributed by atoms with Crippen LogP contribution in [0, 0.1) is 0 Å². The average Bonchev–Trinajstić information content (AvgIpc) is 2.31. The number of carbonyl (C=O) groups is 3. The quantitative estimate of drug-likeness (QED) is 0.573. The summed E-state index contributed by atoms with van der Waals surface area (Å²) in [5, 5.41) is 13.8. The van der Waals surface area contributed by atoms with Crippen LogP contribution < -0.4 is 10.6 Å². The second-order valence-electron chi connectivity index (χ2n) is 3.98. The summed E-state index contributed by atoms with van der Waals surface area (Å²) in [6, 6.07) is -1.65. The maximum atomic E-state index is 11.5. The van der Waals surface area contributed by atoms with Crippen LogP contribution >= 0.6 is 0 Å². The zero-order chi connectivity index (χ0) is 14.3. The molecule has 18 heavy (non-hydrogen) atoms. The van der Waals surface area contributed by atoms with E-state index in [4.69, 9.17) is 5.11 Å². The van der Waals surface area contributed by atoms with Gasteiger partial charge in [-0.25, -0.2) is 14.4 Å². The first-order valence-corrected chi connectivity index (χ1v) is 5.46. The molecule has 4 amide bonds. The van der Waals surface area contributed by atoms with Crippen molar-refractivity contribution in [3.63, 3.8) is 0 Å². The van der Waals surface area contributed by atoms with Crippen LogP contribution in [0.2, 0.25) is 0 Å². The highest BCUT2D eigenvalue weighted by Crippen LogP contribution is 1.95. The average molecular weight is 260 g/mol. The summed E-state index contributed by atoms with van der Waals surface area (Å²) in [4.78, 5) is 35.7. The summed E-state index contributed by atoms with van der Waals surface area (Å²) < 4.78 is 0. The van der Waals surface area contributed by atoms with E-state index in [9.17, 15) is 14.4 Å². The van der Waals surface area contributed by atoms with Crippen molar-refractivity contribution in [1.82, 2.24) is 20.4 Å². The Morgan fingerprint density at radius 3 is 1.89 bits per heavy atom. The number of hydrogen-bond acceptors (Lipinski definition) is 3. The Bertz CT molecular complexity index is 319. The van der Waals surface area contributed by atoms with Crippen molar-refractivity contribution in [2.24, 2.45) is 0 Å². The van der Waals surface area contributed by atoms with E-state index in [1.54, 1.807) is 14.1 Å². The van der Waals surface area contributed by atoms with Gasteiger partial charge in [0.2, 0.25) is 0 Å². The number of carbonyl (C=O) groups excluding carboxylic acids is 2. The smallest absolute Gasteiger partial charge is 0.326 e. The number of carboxylic acids is 1. The summed E-state index contributed by atoms with van der Waals surface area (Å²) in [5.41, 5.74) is 0. The fourth-order valence-electron chi connectivity index (χ4n) is 0.963. The topological polar surface area (TPSA) is 102 Å². The number of nitrogens with one attached hydrogen (secondary N) is 2. The minimum atomic E-state index is -1.08. The third-order valence-corrected chi connectivity index (χ3v) is 2.34. The number of urea groups is 2. The summed E-state index contributed by atoms with van der Waals surface area (Å²) >= 11 is 0. The van der Waals surface area contributed by atoms with Crippen molar-refractivity contribution >= 4 is 18.0 Å². The number of likely N-dealkylation sites (N-methyl/N-ethyl adjacent to an activating group) is 1. The molecule has 0 fully saturated rings. The number of amides is 4. The third kappa shape index (κ3) is 5.37. The van der Waals surface area contributed by atoms with Crippen LogP contribution in [0.4, 0.5) is 9.59 Å². The number of hydrogen-bond donors (Lipinski definition) is 3. The molecule has 0 aliphatic carbocycles. The first kappa shape index (κ1) is 16.0. The second-order valence-corrected chi connectivity index (χ2v) is 3.98. The van der Waals surface area contributed by atoms with E-state index in [-0.39, 0.29) is 19.1 Å². The van der Waals surface area contributed by atoms with Gasteiger partial charge in [0, 0.05) is 34.2 Å². The number of nitrogens with zero attached hydrogens (tertiary/aromatic N) is 2. The molecule has 0 spiro atoms. The fourth-order valence-corrected chi connectivity index (χ4v) is 0.963. The lowest BCUT2D eigenvalue weighted by molar-refractivity contribution is -0.141.